The van der Waals surface area contributed by atoms with Crippen molar-refractivity contribution in [3.63, 3.8) is 0 Å². The van der Waals surface area contributed by atoms with Gasteiger partial charge in [-0.1, -0.05) is 0 Å². The Labute approximate surface area is 230 Å². The van der Waals surface area contributed by atoms with Gasteiger partial charge in [-0.05, 0) is 101 Å². The summed E-state index contributed by atoms with van der Waals surface area (Å²) < 4.78 is 0. The van der Waals surface area contributed by atoms with Crippen LogP contribution in [-0.4, -0.2) is 121 Å². The van der Waals surface area contributed by atoms with Crippen molar-refractivity contribution in [2.75, 3.05) is 72.0 Å². The summed E-state index contributed by atoms with van der Waals surface area (Å²) in [5.74, 6) is 1.75. The van der Waals surface area contributed by atoms with Gasteiger partial charge in [0, 0.05) is 77.0 Å². The number of nitrogens with zero attached hydrogens (tertiary/aromatic N) is 4. The maximum Gasteiger partial charge on any atom is 0.166 e. The average molecular weight is 533 g/mol. The Balaban J connectivity index is 0.879. The number of piperazine rings is 1. The molecule has 7 aliphatic rings. The molecule has 7 fully saturated rings. The summed E-state index contributed by atoms with van der Waals surface area (Å²) in [6, 6.07) is 1.92. The van der Waals surface area contributed by atoms with E-state index in [0.717, 1.165) is 36.1 Å². The summed E-state index contributed by atoms with van der Waals surface area (Å²) in [6.45, 7) is 13.5. The van der Waals surface area contributed by atoms with E-state index in [2.05, 4.69) is 41.1 Å². The van der Waals surface area contributed by atoms with Gasteiger partial charge in [-0.2, -0.15) is 0 Å². The third kappa shape index (κ3) is 6.79. The van der Waals surface area contributed by atoms with Crippen molar-refractivity contribution < 1.29 is 0 Å². The molecule has 0 aromatic rings. The summed E-state index contributed by atoms with van der Waals surface area (Å²) in [6.07, 6.45) is 13.8. The third-order valence-electron chi connectivity index (χ3n) is 10.5. The molecule has 1 aliphatic carbocycles. The maximum absolute atomic E-state index is 5.74. The molecule has 6 aliphatic heterocycles. The van der Waals surface area contributed by atoms with Gasteiger partial charge in [0.05, 0.1) is 6.17 Å². The highest BCUT2D eigenvalue weighted by Crippen LogP contribution is 2.36. The van der Waals surface area contributed by atoms with Crippen LogP contribution in [0.2, 0.25) is 0 Å². The van der Waals surface area contributed by atoms with E-state index in [0.29, 0.717) is 18.2 Å². The minimum absolute atomic E-state index is 0.542. The first-order valence-corrected chi connectivity index (χ1v) is 16.1. The fourth-order valence-corrected chi connectivity index (χ4v) is 8.49. The number of hydrazine groups is 1. The van der Waals surface area contributed by atoms with E-state index in [-0.39, 0.29) is 0 Å². The molecule has 0 amide bonds. The van der Waals surface area contributed by atoms with E-state index in [4.69, 9.17) is 12.2 Å². The van der Waals surface area contributed by atoms with Crippen LogP contribution in [0.3, 0.4) is 0 Å². The largest absolute Gasteiger partial charge is 0.361 e. The molecule has 4 N–H and O–H groups in total. The van der Waals surface area contributed by atoms with E-state index in [1.54, 1.807) is 0 Å². The normalized spacial score (nSPS) is 40.1. The molecule has 0 radical (unpaired) electrons. The zero-order chi connectivity index (χ0) is 25.0. The molecular formula is C28H52N8S. The van der Waals surface area contributed by atoms with Crippen molar-refractivity contribution in [1.82, 2.24) is 41.1 Å². The van der Waals surface area contributed by atoms with Gasteiger partial charge in [0.15, 0.2) is 5.11 Å². The number of thiocarbonyl (C=S) groups is 1. The van der Waals surface area contributed by atoms with Crippen molar-refractivity contribution in [3.8, 4) is 0 Å². The molecule has 0 spiro atoms. The smallest absolute Gasteiger partial charge is 0.166 e. The van der Waals surface area contributed by atoms with Gasteiger partial charge in [0.2, 0.25) is 0 Å². The number of nitrogens with one attached hydrogen (secondary N) is 4. The van der Waals surface area contributed by atoms with Gasteiger partial charge in [-0.15, -0.1) is 0 Å². The lowest BCUT2D eigenvalue weighted by Gasteiger charge is -2.51. The van der Waals surface area contributed by atoms with Crippen LogP contribution in [-0.2, 0) is 0 Å². The summed E-state index contributed by atoms with van der Waals surface area (Å²) in [4.78, 5) is 8.25. The molecule has 0 aromatic carbocycles. The highest BCUT2D eigenvalue weighted by molar-refractivity contribution is 7.80. The first kappa shape index (κ1) is 26.7. The topological polar surface area (TPSA) is 61.1 Å². The molecule has 6 saturated heterocycles. The second-order valence-electron chi connectivity index (χ2n) is 12.8. The molecule has 8 nitrogen and oxygen atoms in total. The number of fused-ring (bicyclic) bond motifs is 3. The predicted molar refractivity (Wildman–Crippen MR) is 154 cm³/mol. The molecule has 210 valence electrons. The molecule has 2 unspecified atom stereocenters. The summed E-state index contributed by atoms with van der Waals surface area (Å²) in [5.41, 5.74) is 3.55. The third-order valence-corrected chi connectivity index (χ3v) is 10.8. The van der Waals surface area contributed by atoms with Gasteiger partial charge in [0.1, 0.15) is 0 Å². The SMILES string of the molecule is S=C(NC[C@H]1C[C@@H]2CCN1C[C@H]2CN1CCN(C2CCCCN2)CC1)NC1CCC(N2CCCN2)CC1. The molecule has 2 bridgehead atoms. The van der Waals surface area contributed by atoms with Gasteiger partial charge >= 0.3 is 0 Å². The van der Waals surface area contributed by atoms with E-state index < -0.39 is 0 Å². The maximum atomic E-state index is 5.74. The van der Waals surface area contributed by atoms with Crippen LogP contribution in [0.5, 0.6) is 0 Å². The molecular weight excluding hydrogens is 480 g/mol. The fourth-order valence-electron chi connectivity index (χ4n) is 8.24. The van der Waals surface area contributed by atoms with Crippen molar-refractivity contribution in [2.45, 2.75) is 88.5 Å². The molecule has 1 saturated carbocycles. The first-order valence-electron chi connectivity index (χ1n) is 15.7. The number of hydrogen-bond acceptors (Lipinski definition) is 7. The Hall–Kier alpha value is -0.550. The highest BCUT2D eigenvalue weighted by atomic mass is 32.1. The van der Waals surface area contributed by atoms with Gasteiger partial charge in [0.25, 0.3) is 0 Å². The molecule has 37 heavy (non-hydrogen) atoms. The minimum Gasteiger partial charge on any atom is -0.361 e. The number of piperidine rings is 4. The molecule has 5 atom stereocenters. The van der Waals surface area contributed by atoms with Gasteiger partial charge < -0.3 is 20.9 Å². The highest BCUT2D eigenvalue weighted by Gasteiger charge is 2.41. The zero-order valence-electron chi connectivity index (χ0n) is 23.0. The van der Waals surface area contributed by atoms with Gasteiger partial charge in [-0.25, -0.2) is 5.01 Å². The first-order chi connectivity index (χ1) is 18.2. The lowest BCUT2D eigenvalue weighted by Crippen LogP contribution is -2.60. The standard InChI is InChI=1S/C28H52N8S/c37-28(32-24-5-7-25(8-6-24)36-12-3-11-31-36)30-19-26-18-22-9-13-35(26)21-23(22)20-33-14-16-34(17-15-33)27-4-1-2-10-29-27/h22-27,29,31H,1-21H2,(H2,30,32,37)/t22-,23+,24?,25?,26+,27?/m0/s1. The minimum atomic E-state index is 0.542. The molecule has 9 heteroatoms. The lowest BCUT2D eigenvalue weighted by molar-refractivity contribution is -0.0201. The monoisotopic (exact) mass is 532 g/mol. The average Bonchev–Trinajstić information content (AvgIpc) is 3.49. The second kappa shape index (κ2) is 12.7. The van der Waals surface area contributed by atoms with Crippen LogP contribution < -0.4 is 21.4 Å². The summed E-state index contributed by atoms with van der Waals surface area (Å²) in [7, 11) is 0. The Bertz CT molecular complexity index is 726. The van der Waals surface area contributed by atoms with Crippen molar-refractivity contribution in [2.24, 2.45) is 11.8 Å². The number of hydrogen-bond donors (Lipinski definition) is 4. The van der Waals surface area contributed by atoms with Crippen LogP contribution >= 0.6 is 12.2 Å². The van der Waals surface area contributed by atoms with Crippen molar-refractivity contribution >= 4 is 17.3 Å². The Morgan fingerprint density at radius 1 is 0.838 bits per heavy atom. The van der Waals surface area contributed by atoms with Gasteiger partial charge in [-0.3, -0.25) is 15.2 Å². The zero-order valence-corrected chi connectivity index (χ0v) is 23.8. The van der Waals surface area contributed by atoms with Crippen molar-refractivity contribution in [3.05, 3.63) is 0 Å². The van der Waals surface area contributed by atoms with Crippen LogP contribution in [0.1, 0.15) is 64.2 Å². The van der Waals surface area contributed by atoms with Crippen LogP contribution in [0.4, 0.5) is 0 Å². The van der Waals surface area contributed by atoms with E-state index in [1.165, 1.54) is 123 Å². The van der Waals surface area contributed by atoms with Crippen LogP contribution in [0.15, 0.2) is 0 Å². The molecule has 0 aromatic heterocycles. The number of rotatable bonds is 7. The van der Waals surface area contributed by atoms with E-state index in [9.17, 15) is 0 Å². The Morgan fingerprint density at radius 3 is 2.41 bits per heavy atom. The quantitative estimate of drug-likeness (QED) is 0.365. The summed E-state index contributed by atoms with van der Waals surface area (Å²) in [5, 5.41) is 14.4. The lowest BCUT2D eigenvalue weighted by atomic mass is 9.75. The Morgan fingerprint density at radius 2 is 1.70 bits per heavy atom. The fraction of sp³-hybridized carbons (Fsp3) is 0.964. The van der Waals surface area contributed by atoms with E-state index in [1.807, 2.05) is 0 Å². The van der Waals surface area contributed by atoms with Crippen molar-refractivity contribution in [1.29, 1.82) is 0 Å². The second-order valence-corrected chi connectivity index (χ2v) is 13.2. The van der Waals surface area contributed by atoms with Crippen LogP contribution in [0, 0.1) is 11.8 Å². The molecule has 7 rings (SSSR count). The summed E-state index contributed by atoms with van der Waals surface area (Å²) >= 11 is 5.74. The van der Waals surface area contributed by atoms with Crippen LogP contribution in [0.25, 0.3) is 0 Å². The molecule has 6 heterocycles. The predicted octanol–water partition coefficient (Wildman–Crippen LogP) is 1.40. The van der Waals surface area contributed by atoms with E-state index >= 15 is 0 Å². The Kier molecular flexibility index (Phi) is 9.19.